The summed E-state index contributed by atoms with van der Waals surface area (Å²) >= 11 is 0. The maximum atomic E-state index is 10.8. The molecule has 0 atom stereocenters. The van der Waals surface area contributed by atoms with Crippen molar-refractivity contribution >= 4 is 5.97 Å². The number of carboxylic acids is 1. The molecule has 1 heterocycles. The van der Waals surface area contributed by atoms with E-state index in [1.807, 2.05) is 6.07 Å². The van der Waals surface area contributed by atoms with Crippen molar-refractivity contribution < 1.29 is 9.90 Å². The zero-order valence-electron chi connectivity index (χ0n) is 9.88. The molecular weight excluding hydrogens is 232 g/mol. The highest BCUT2D eigenvalue weighted by Gasteiger charge is 2.12. The van der Waals surface area contributed by atoms with Crippen LogP contribution in [0.1, 0.15) is 27.6 Å². The summed E-state index contributed by atoms with van der Waals surface area (Å²) in [5, 5.41) is 22.1. The number of aromatic carboxylic acids is 1. The van der Waals surface area contributed by atoms with Crippen LogP contribution < -0.4 is 0 Å². The van der Waals surface area contributed by atoms with Crippen molar-refractivity contribution in [2.24, 2.45) is 0 Å². The van der Waals surface area contributed by atoms with Crippen LogP contribution in [-0.4, -0.2) is 25.8 Å². The van der Waals surface area contributed by atoms with Crippen LogP contribution in [-0.2, 0) is 0 Å². The summed E-state index contributed by atoms with van der Waals surface area (Å²) in [5.41, 5.74) is 0.855. The third kappa shape index (κ3) is 1.94. The van der Waals surface area contributed by atoms with Gasteiger partial charge in [0.2, 0.25) is 0 Å². The number of carbonyl (C=O) groups is 1. The van der Waals surface area contributed by atoms with E-state index in [1.54, 1.807) is 19.9 Å². The standard InChI is InChI=1S/C12H10N4O2/c1-7-14-8(2)16(15-7)11-4-3-9(12(17)18)5-10(11)6-13/h3-5H,1-2H3,(H,17,18). The Bertz CT molecular complexity index is 667. The molecule has 0 aliphatic carbocycles. The monoisotopic (exact) mass is 242 g/mol. The molecule has 0 aliphatic heterocycles. The lowest BCUT2D eigenvalue weighted by Crippen LogP contribution is -2.04. The number of rotatable bonds is 2. The number of nitriles is 1. The fourth-order valence-corrected chi connectivity index (χ4v) is 1.69. The molecular formula is C12H10N4O2. The molecule has 0 saturated heterocycles. The molecule has 1 aromatic carbocycles. The maximum absolute atomic E-state index is 10.8. The van der Waals surface area contributed by atoms with E-state index >= 15 is 0 Å². The summed E-state index contributed by atoms with van der Waals surface area (Å²) in [6, 6.07) is 6.30. The molecule has 6 heteroatoms. The normalized spacial score (nSPS) is 10.1. The molecule has 0 fully saturated rings. The lowest BCUT2D eigenvalue weighted by molar-refractivity contribution is 0.0697. The van der Waals surface area contributed by atoms with Gasteiger partial charge in [0.15, 0.2) is 0 Å². The first-order chi connectivity index (χ1) is 8.52. The number of benzene rings is 1. The Hall–Kier alpha value is -2.68. The molecule has 90 valence electrons. The Morgan fingerprint density at radius 3 is 2.67 bits per heavy atom. The highest BCUT2D eigenvalue weighted by atomic mass is 16.4. The first-order valence-electron chi connectivity index (χ1n) is 5.21. The second-order valence-corrected chi connectivity index (χ2v) is 3.77. The molecule has 18 heavy (non-hydrogen) atoms. The first-order valence-corrected chi connectivity index (χ1v) is 5.21. The van der Waals surface area contributed by atoms with Gasteiger partial charge in [0.25, 0.3) is 0 Å². The first kappa shape index (κ1) is 11.8. The van der Waals surface area contributed by atoms with Crippen molar-refractivity contribution in [2.75, 3.05) is 0 Å². The number of nitrogens with zero attached hydrogens (tertiary/aromatic N) is 4. The Morgan fingerprint density at radius 2 is 2.17 bits per heavy atom. The number of hydrogen-bond donors (Lipinski definition) is 1. The van der Waals surface area contributed by atoms with Crippen molar-refractivity contribution in [1.29, 1.82) is 5.26 Å². The van der Waals surface area contributed by atoms with Gasteiger partial charge in [-0.1, -0.05) is 0 Å². The minimum atomic E-state index is -1.07. The summed E-state index contributed by atoms with van der Waals surface area (Å²) in [6.45, 7) is 3.52. The van der Waals surface area contributed by atoms with E-state index in [0.717, 1.165) is 0 Å². The number of hydrogen-bond acceptors (Lipinski definition) is 4. The Balaban J connectivity index is 2.62. The van der Waals surface area contributed by atoms with E-state index in [1.165, 1.54) is 16.8 Å². The van der Waals surface area contributed by atoms with E-state index in [2.05, 4.69) is 10.1 Å². The second-order valence-electron chi connectivity index (χ2n) is 3.77. The average Bonchev–Trinajstić information content (AvgIpc) is 2.67. The van der Waals surface area contributed by atoms with Gasteiger partial charge in [0.05, 0.1) is 16.8 Å². The van der Waals surface area contributed by atoms with E-state index in [9.17, 15) is 4.79 Å². The second kappa shape index (κ2) is 4.30. The third-order valence-electron chi connectivity index (χ3n) is 2.47. The molecule has 0 aliphatic rings. The average molecular weight is 242 g/mol. The highest BCUT2D eigenvalue weighted by Crippen LogP contribution is 2.17. The summed E-state index contributed by atoms with van der Waals surface area (Å²) in [6.07, 6.45) is 0. The lowest BCUT2D eigenvalue weighted by atomic mass is 10.1. The summed E-state index contributed by atoms with van der Waals surface area (Å²) in [7, 11) is 0. The molecule has 1 aromatic heterocycles. The van der Waals surface area contributed by atoms with Gasteiger partial charge >= 0.3 is 5.97 Å². The molecule has 0 bridgehead atoms. The lowest BCUT2D eigenvalue weighted by Gasteiger charge is -2.06. The SMILES string of the molecule is Cc1nc(C)n(-c2ccc(C(=O)O)cc2C#N)n1. The van der Waals surface area contributed by atoms with Crippen molar-refractivity contribution in [3.8, 4) is 11.8 Å². The zero-order valence-corrected chi connectivity index (χ0v) is 9.88. The van der Waals surface area contributed by atoms with Crippen molar-refractivity contribution in [2.45, 2.75) is 13.8 Å². The number of aryl methyl sites for hydroxylation is 2. The van der Waals surface area contributed by atoms with Gasteiger partial charge in [0, 0.05) is 0 Å². The highest BCUT2D eigenvalue weighted by molar-refractivity contribution is 5.88. The van der Waals surface area contributed by atoms with Crippen LogP contribution in [0.3, 0.4) is 0 Å². The van der Waals surface area contributed by atoms with Gasteiger partial charge in [-0.15, -0.1) is 0 Å². The topological polar surface area (TPSA) is 91.8 Å². The minimum absolute atomic E-state index is 0.0739. The van der Waals surface area contributed by atoms with Gasteiger partial charge in [-0.05, 0) is 32.0 Å². The Morgan fingerprint density at radius 1 is 1.44 bits per heavy atom. The summed E-state index contributed by atoms with van der Waals surface area (Å²) < 4.78 is 1.53. The third-order valence-corrected chi connectivity index (χ3v) is 2.47. The van der Waals surface area contributed by atoms with E-state index < -0.39 is 5.97 Å². The maximum Gasteiger partial charge on any atom is 0.335 e. The smallest absolute Gasteiger partial charge is 0.335 e. The summed E-state index contributed by atoms with van der Waals surface area (Å²) in [4.78, 5) is 15.0. The molecule has 0 amide bonds. The van der Waals surface area contributed by atoms with E-state index in [4.69, 9.17) is 10.4 Å². The molecule has 0 spiro atoms. The number of aromatic nitrogens is 3. The van der Waals surface area contributed by atoms with Gasteiger partial charge in [-0.2, -0.15) is 10.4 Å². The largest absolute Gasteiger partial charge is 0.478 e. The van der Waals surface area contributed by atoms with Crippen molar-refractivity contribution in [1.82, 2.24) is 14.8 Å². The van der Waals surface area contributed by atoms with Crippen LogP contribution in [0.15, 0.2) is 18.2 Å². The predicted molar refractivity (Wildman–Crippen MR) is 62.5 cm³/mol. The minimum Gasteiger partial charge on any atom is -0.478 e. The summed E-state index contributed by atoms with van der Waals surface area (Å²) in [5.74, 6) is 0.176. The fourth-order valence-electron chi connectivity index (χ4n) is 1.69. The van der Waals surface area contributed by atoms with Crippen molar-refractivity contribution in [3.63, 3.8) is 0 Å². The molecule has 2 aromatic rings. The van der Waals surface area contributed by atoms with Crippen LogP contribution >= 0.6 is 0 Å². The number of carboxylic acid groups (broad SMARTS) is 1. The Kier molecular flexibility index (Phi) is 2.81. The van der Waals surface area contributed by atoms with Crippen LogP contribution in [0, 0.1) is 25.2 Å². The predicted octanol–water partition coefficient (Wildman–Crippen LogP) is 1.45. The van der Waals surface area contributed by atoms with Crippen LogP contribution in [0.5, 0.6) is 0 Å². The van der Waals surface area contributed by atoms with Gasteiger partial charge in [-0.3, -0.25) is 0 Å². The molecule has 2 rings (SSSR count). The molecule has 6 nitrogen and oxygen atoms in total. The quantitative estimate of drug-likeness (QED) is 0.860. The molecule has 1 N–H and O–H groups in total. The van der Waals surface area contributed by atoms with Gasteiger partial charge in [0.1, 0.15) is 17.7 Å². The molecule has 0 saturated carbocycles. The zero-order chi connectivity index (χ0) is 13.3. The molecule has 0 unspecified atom stereocenters. The van der Waals surface area contributed by atoms with Crippen molar-refractivity contribution in [3.05, 3.63) is 41.0 Å². The van der Waals surface area contributed by atoms with E-state index in [-0.39, 0.29) is 11.1 Å². The van der Waals surface area contributed by atoms with Crippen LogP contribution in [0.4, 0.5) is 0 Å². The van der Waals surface area contributed by atoms with Crippen LogP contribution in [0.2, 0.25) is 0 Å². The Labute approximate surface area is 103 Å². The molecule has 0 radical (unpaired) electrons. The van der Waals surface area contributed by atoms with Gasteiger partial charge in [-0.25, -0.2) is 14.5 Å². The van der Waals surface area contributed by atoms with E-state index in [0.29, 0.717) is 17.3 Å². The van der Waals surface area contributed by atoms with Gasteiger partial charge < -0.3 is 5.11 Å². The van der Waals surface area contributed by atoms with Crippen LogP contribution in [0.25, 0.3) is 5.69 Å². The fraction of sp³-hybridized carbons (Fsp3) is 0.167.